The van der Waals surface area contributed by atoms with E-state index in [1.807, 2.05) is 0 Å². The number of carbonyl (C=O) groups is 1. The number of hydrogen-bond acceptors (Lipinski definition) is 3. The summed E-state index contributed by atoms with van der Waals surface area (Å²) in [5, 5.41) is 6.06. The van der Waals surface area contributed by atoms with Crippen LogP contribution in [0.2, 0.25) is 0 Å². The number of amides is 1. The van der Waals surface area contributed by atoms with E-state index in [0.29, 0.717) is 5.76 Å². The van der Waals surface area contributed by atoms with Crippen LogP contribution in [0.25, 0.3) is 0 Å². The normalized spacial score (nSPS) is 21.7. The van der Waals surface area contributed by atoms with E-state index in [4.69, 9.17) is 4.42 Å². The molecule has 1 aliphatic rings. The molecule has 2 N–H and O–H groups in total. The highest BCUT2D eigenvalue weighted by atomic mass is 16.3. The van der Waals surface area contributed by atoms with Crippen LogP contribution in [0.15, 0.2) is 22.8 Å². The Labute approximate surface area is 76.3 Å². The molecule has 4 nitrogen and oxygen atoms in total. The highest BCUT2D eigenvalue weighted by Gasteiger charge is 2.18. The van der Waals surface area contributed by atoms with Crippen LogP contribution in [-0.4, -0.2) is 25.0 Å². The Bertz CT molecular complexity index is 276. The van der Waals surface area contributed by atoms with Gasteiger partial charge in [-0.15, -0.1) is 0 Å². The van der Waals surface area contributed by atoms with Gasteiger partial charge >= 0.3 is 0 Å². The van der Waals surface area contributed by atoms with Crippen molar-refractivity contribution < 1.29 is 9.21 Å². The summed E-state index contributed by atoms with van der Waals surface area (Å²) in [4.78, 5) is 11.4. The Hall–Kier alpha value is -1.29. The van der Waals surface area contributed by atoms with Gasteiger partial charge in [-0.1, -0.05) is 0 Å². The van der Waals surface area contributed by atoms with Crippen molar-refractivity contribution in [1.82, 2.24) is 10.6 Å². The van der Waals surface area contributed by atoms with Gasteiger partial charge in [-0.2, -0.15) is 0 Å². The molecule has 1 amide bonds. The van der Waals surface area contributed by atoms with Gasteiger partial charge in [0.15, 0.2) is 5.76 Å². The molecule has 2 rings (SSSR count). The molecule has 13 heavy (non-hydrogen) atoms. The van der Waals surface area contributed by atoms with E-state index in [1.54, 1.807) is 12.1 Å². The number of rotatable bonds is 2. The summed E-state index contributed by atoms with van der Waals surface area (Å²) in [5.41, 5.74) is 0. The minimum atomic E-state index is -0.126. The maximum absolute atomic E-state index is 11.4. The maximum atomic E-state index is 11.4. The summed E-state index contributed by atoms with van der Waals surface area (Å²) in [6.45, 7) is 1.83. The first-order valence-electron chi connectivity index (χ1n) is 4.41. The number of nitrogens with one attached hydrogen (secondary N) is 2. The summed E-state index contributed by atoms with van der Waals surface area (Å²) in [7, 11) is 0. The van der Waals surface area contributed by atoms with Crippen molar-refractivity contribution in [3.05, 3.63) is 24.2 Å². The lowest BCUT2D eigenvalue weighted by Gasteiger charge is -2.08. The van der Waals surface area contributed by atoms with Crippen LogP contribution in [0.4, 0.5) is 0 Å². The molecule has 1 aromatic rings. The van der Waals surface area contributed by atoms with Gasteiger partial charge in [0.05, 0.1) is 6.26 Å². The largest absolute Gasteiger partial charge is 0.459 e. The second-order valence-corrected chi connectivity index (χ2v) is 3.14. The van der Waals surface area contributed by atoms with Gasteiger partial charge in [0.25, 0.3) is 5.91 Å². The van der Waals surface area contributed by atoms with Crippen LogP contribution in [0.1, 0.15) is 17.0 Å². The van der Waals surface area contributed by atoms with Crippen molar-refractivity contribution >= 4 is 5.91 Å². The number of furan rings is 1. The molecular formula is C9H12N2O2. The summed E-state index contributed by atoms with van der Waals surface area (Å²) in [5.74, 6) is 0.255. The Morgan fingerprint density at radius 3 is 3.23 bits per heavy atom. The topological polar surface area (TPSA) is 54.3 Å². The molecule has 0 bridgehead atoms. The Morgan fingerprint density at radius 1 is 1.69 bits per heavy atom. The summed E-state index contributed by atoms with van der Waals surface area (Å²) in [6.07, 6.45) is 2.49. The fourth-order valence-corrected chi connectivity index (χ4v) is 1.44. The molecule has 1 fully saturated rings. The minimum absolute atomic E-state index is 0.126. The second-order valence-electron chi connectivity index (χ2n) is 3.14. The first-order valence-corrected chi connectivity index (χ1v) is 4.41. The Balaban J connectivity index is 1.91. The van der Waals surface area contributed by atoms with Crippen LogP contribution in [0, 0.1) is 0 Å². The van der Waals surface area contributed by atoms with Gasteiger partial charge in [-0.3, -0.25) is 4.79 Å². The highest BCUT2D eigenvalue weighted by Crippen LogP contribution is 2.02. The summed E-state index contributed by atoms with van der Waals surface area (Å²) < 4.78 is 4.97. The van der Waals surface area contributed by atoms with Crippen LogP contribution in [0.3, 0.4) is 0 Å². The molecule has 70 valence electrons. The van der Waals surface area contributed by atoms with Gasteiger partial charge < -0.3 is 15.1 Å². The van der Waals surface area contributed by atoms with Crippen LogP contribution in [-0.2, 0) is 0 Å². The average Bonchev–Trinajstić information content (AvgIpc) is 2.74. The molecule has 0 aliphatic carbocycles. The second kappa shape index (κ2) is 3.62. The van der Waals surface area contributed by atoms with E-state index in [9.17, 15) is 4.79 Å². The molecule has 1 aliphatic heterocycles. The van der Waals surface area contributed by atoms with E-state index in [-0.39, 0.29) is 11.9 Å². The van der Waals surface area contributed by atoms with Crippen molar-refractivity contribution in [3.63, 3.8) is 0 Å². The molecule has 1 atom stereocenters. The van der Waals surface area contributed by atoms with Crippen LogP contribution < -0.4 is 10.6 Å². The van der Waals surface area contributed by atoms with Crippen LogP contribution in [0.5, 0.6) is 0 Å². The number of carbonyl (C=O) groups excluding carboxylic acids is 1. The van der Waals surface area contributed by atoms with E-state index in [1.165, 1.54) is 6.26 Å². The Kier molecular flexibility index (Phi) is 2.31. The molecule has 0 saturated carbocycles. The zero-order chi connectivity index (χ0) is 9.10. The van der Waals surface area contributed by atoms with Crippen molar-refractivity contribution in [2.24, 2.45) is 0 Å². The number of hydrogen-bond donors (Lipinski definition) is 2. The summed E-state index contributed by atoms with van der Waals surface area (Å²) in [6, 6.07) is 3.62. The predicted molar refractivity (Wildman–Crippen MR) is 47.4 cm³/mol. The fourth-order valence-electron chi connectivity index (χ4n) is 1.44. The lowest BCUT2D eigenvalue weighted by molar-refractivity contribution is 0.0912. The molecular weight excluding hydrogens is 168 g/mol. The van der Waals surface area contributed by atoms with Crippen LogP contribution >= 0.6 is 0 Å². The lowest BCUT2D eigenvalue weighted by Crippen LogP contribution is -2.35. The van der Waals surface area contributed by atoms with Crippen molar-refractivity contribution in [1.29, 1.82) is 0 Å². The lowest BCUT2D eigenvalue weighted by atomic mass is 10.2. The van der Waals surface area contributed by atoms with Crippen molar-refractivity contribution in [2.75, 3.05) is 13.1 Å². The molecule has 4 heteroatoms. The van der Waals surface area contributed by atoms with Gasteiger partial charge in [-0.05, 0) is 25.1 Å². The third kappa shape index (κ3) is 1.89. The summed E-state index contributed by atoms with van der Waals surface area (Å²) >= 11 is 0. The molecule has 1 saturated heterocycles. The van der Waals surface area contributed by atoms with E-state index in [0.717, 1.165) is 19.5 Å². The molecule has 0 aromatic carbocycles. The average molecular weight is 180 g/mol. The monoisotopic (exact) mass is 180 g/mol. The zero-order valence-electron chi connectivity index (χ0n) is 7.25. The minimum Gasteiger partial charge on any atom is -0.459 e. The fraction of sp³-hybridized carbons (Fsp3) is 0.444. The standard InChI is InChI=1S/C9H12N2O2/c12-9(8-2-1-5-13-8)11-7-3-4-10-6-7/h1-2,5,7,10H,3-4,6H2,(H,11,12)/t7-/m1/s1. The first kappa shape index (κ1) is 8.31. The van der Waals surface area contributed by atoms with Crippen molar-refractivity contribution in [3.8, 4) is 0 Å². The van der Waals surface area contributed by atoms with Gasteiger partial charge in [0.2, 0.25) is 0 Å². The van der Waals surface area contributed by atoms with Gasteiger partial charge in [0, 0.05) is 12.6 Å². The quantitative estimate of drug-likeness (QED) is 0.691. The molecule has 0 unspecified atom stereocenters. The third-order valence-corrected chi connectivity index (χ3v) is 2.14. The smallest absolute Gasteiger partial charge is 0.287 e. The molecule has 0 radical (unpaired) electrons. The van der Waals surface area contributed by atoms with E-state index < -0.39 is 0 Å². The predicted octanol–water partition coefficient (Wildman–Crippen LogP) is 0.371. The SMILES string of the molecule is O=C(N[C@@H]1CCNC1)c1ccco1. The third-order valence-electron chi connectivity index (χ3n) is 2.14. The van der Waals surface area contributed by atoms with E-state index >= 15 is 0 Å². The van der Waals surface area contributed by atoms with E-state index in [2.05, 4.69) is 10.6 Å². The molecule has 1 aromatic heterocycles. The molecule has 0 spiro atoms. The highest BCUT2D eigenvalue weighted by molar-refractivity contribution is 5.91. The van der Waals surface area contributed by atoms with Gasteiger partial charge in [-0.25, -0.2) is 0 Å². The maximum Gasteiger partial charge on any atom is 0.287 e. The zero-order valence-corrected chi connectivity index (χ0v) is 7.25. The van der Waals surface area contributed by atoms with Gasteiger partial charge in [0.1, 0.15) is 0 Å². The Morgan fingerprint density at radius 2 is 2.62 bits per heavy atom. The molecule has 2 heterocycles. The first-order chi connectivity index (χ1) is 6.36. The van der Waals surface area contributed by atoms with Crippen molar-refractivity contribution in [2.45, 2.75) is 12.5 Å².